The Kier molecular flexibility index (Phi) is 8.62. The maximum absolute atomic E-state index is 11.9. The van der Waals surface area contributed by atoms with Gasteiger partial charge >= 0.3 is 0 Å². The molecule has 168 valence electrons. The van der Waals surface area contributed by atoms with Crippen molar-refractivity contribution < 1.29 is 19.0 Å². The minimum absolute atomic E-state index is 0.0600. The fourth-order valence-electron chi connectivity index (χ4n) is 2.66. The quantitative estimate of drug-likeness (QED) is 0.167. The summed E-state index contributed by atoms with van der Waals surface area (Å²) in [6, 6.07) is 11.5. The maximum atomic E-state index is 11.9. The van der Waals surface area contributed by atoms with Crippen molar-refractivity contribution in [2.75, 3.05) is 26.1 Å². The molecule has 3 N–H and O–H groups in total. The van der Waals surface area contributed by atoms with Crippen LogP contribution in [0.2, 0.25) is 0 Å². The van der Waals surface area contributed by atoms with Crippen LogP contribution >= 0.6 is 33.9 Å². The minimum Gasteiger partial charge on any atom is -0.493 e. The number of hydrazone groups is 1. The van der Waals surface area contributed by atoms with Gasteiger partial charge in [-0.25, -0.2) is 5.43 Å². The number of hydrogen-bond acceptors (Lipinski definition) is 9. The van der Waals surface area contributed by atoms with Crippen molar-refractivity contribution >= 4 is 51.2 Å². The highest BCUT2D eigenvalue weighted by Gasteiger charge is 2.12. The first kappa shape index (κ1) is 23.7. The predicted molar refractivity (Wildman–Crippen MR) is 132 cm³/mol. The summed E-state index contributed by atoms with van der Waals surface area (Å²) in [6.07, 6.45) is 1.59. The molecule has 0 aliphatic heterocycles. The number of nitrogens with zero attached hydrogens (tertiary/aromatic N) is 3. The number of ether oxygens (including phenoxy) is 3. The number of halogens is 1. The Bertz CT molecular complexity index is 1110. The van der Waals surface area contributed by atoms with Crippen LogP contribution < -0.4 is 25.4 Å². The fourth-order valence-corrected chi connectivity index (χ4v) is 4.05. The number of hydrogen-bond donors (Lipinski definition) is 2. The lowest BCUT2D eigenvalue weighted by molar-refractivity contribution is -0.120. The van der Waals surface area contributed by atoms with Crippen LogP contribution in [0.3, 0.4) is 0 Å². The van der Waals surface area contributed by atoms with Gasteiger partial charge in [0, 0.05) is 0 Å². The SMILES string of the molecule is COc1cc(/C=N/NC(=O)Cc2nnc(N)s2)cc(I)c1OCCOc1cccc(C)c1. The van der Waals surface area contributed by atoms with Crippen LogP contribution in [-0.2, 0) is 11.2 Å². The Balaban J connectivity index is 1.54. The van der Waals surface area contributed by atoms with E-state index in [4.69, 9.17) is 19.9 Å². The summed E-state index contributed by atoms with van der Waals surface area (Å²) in [4.78, 5) is 11.9. The number of carbonyl (C=O) groups is 1. The Morgan fingerprint density at radius 1 is 1.25 bits per heavy atom. The van der Waals surface area contributed by atoms with Crippen LogP contribution in [0.1, 0.15) is 16.1 Å². The van der Waals surface area contributed by atoms with E-state index in [-0.39, 0.29) is 12.3 Å². The van der Waals surface area contributed by atoms with Gasteiger partial charge in [0.1, 0.15) is 24.0 Å². The second-order valence-corrected chi connectivity index (χ2v) is 8.81. The molecule has 0 atom stereocenters. The van der Waals surface area contributed by atoms with E-state index in [1.54, 1.807) is 13.2 Å². The van der Waals surface area contributed by atoms with Crippen LogP contribution in [-0.4, -0.2) is 42.6 Å². The zero-order valence-corrected chi connectivity index (χ0v) is 20.5. The van der Waals surface area contributed by atoms with E-state index in [1.165, 1.54) is 6.21 Å². The van der Waals surface area contributed by atoms with Crippen molar-refractivity contribution in [3.8, 4) is 17.2 Å². The van der Waals surface area contributed by atoms with Gasteiger partial charge in [-0.05, 0) is 64.9 Å². The number of amides is 1. The minimum atomic E-state index is -0.312. The van der Waals surface area contributed by atoms with Crippen LogP contribution in [0.4, 0.5) is 5.13 Å². The van der Waals surface area contributed by atoms with Crippen molar-refractivity contribution in [1.29, 1.82) is 0 Å². The number of nitrogen functional groups attached to an aromatic ring is 1. The average molecular weight is 567 g/mol. The second-order valence-electron chi connectivity index (χ2n) is 6.55. The number of aryl methyl sites for hydroxylation is 1. The van der Waals surface area contributed by atoms with Gasteiger partial charge in [0.2, 0.25) is 11.0 Å². The fraction of sp³-hybridized carbons (Fsp3) is 0.238. The van der Waals surface area contributed by atoms with E-state index >= 15 is 0 Å². The van der Waals surface area contributed by atoms with E-state index in [9.17, 15) is 4.79 Å². The molecular weight excluding hydrogens is 545 g/mol. The van der Waals surface area contributed by atoms with E-state index in [0.717, 1.165) is 31.8 Å². The highest BCUT2D eigenvalue weighted by molar-refractivity contribution is 14.1. The van der Waals surface area contributed by atoms with Crippen LogP contribution in [0, 0.1) is 10.5 Å². The first-order valence-corrected chi connectivity index (χ1v) is 11.4. The largest absolute Gasteiger partial charge is 0.493 e. The summed E-state index contributed by atoms with van der Waals surface area (Å²) >= 11 is 3.33. The molecule has 1 amide bonds. The van der Waals surface area contributed by atoms with Crippen LogP contribution in [0.15, 0.2) is 41.5 Å². The van der Waals surface area contributed by atoms with Crippen molar-refractivity contribution in [3.05, 3.63) is 56.1 Å². The van der Waals surface area contributed by atoms with Gasteiger partial charge in [0.15, 0.2) is 11.5 Å². The summed E-state index contributed by atoms with van der Waals surface area (Å²) in [5.41, 5.74) is 9.85. The molecule has 0 saturated heterocycles. The molecule has 0 radical (unpaired) electrons. The van der Waals surface area contributed by atoms with Crippen molar-refractivity contribution in [2.24, 2.45) is 5.10 Å². The zero-order valence-electron chi connectivity index (χ0n) is 17.5. The van der Waals surface area contributed by atoms with Gasteiger partial charge in [-0.1, -0.05) is 23.5 Å². The van der Waals surface area contributed by atoms with Gasteiger partial charge in [-0.15, -0.1) is 10.2 Å². The molecule has 0 unspecified atom stereocenters. The number of benzene rings is 2. The topological polar surface area (TPSA) is 121 Å². The Morgan fingerprint density at radius 3 is 2.78 bits per heavy atom. The third-order valence-corrected chi connectivity index (χ3v) is 5.59. The molecule has 32 heavy (non-hydrogen) atoms. The number of nitrogens with two attached hydrogens (primary N) is 1. The maximum Gasteiger partial charge on any atom is 0.247 e. The highest BCUT2D eigenvalue weighted by atomic mass is 127. The predicted octanol–water partition coefficient (Wildman–Crippen LogP) is 3.19. The Morgan fingerprint density at radius 2 is 2.06 bits per heavy atom. The lowest BCUT2D eigenvalue weighted by Gasteiger charge is -2.14. The normalized spacial score (nSPS) is 10.8. The first-order chi connectivity index (χ1) is 15.4. The Labute approximate surface area is 203 Å². The number of aromatic nitrogens is 2. The average Bonchev–Trinajstić information content (AvgIpc) is 3.16. The molecule has 11 heteroatoms. The molecule has 0 bridgehead atoms. The summed E-state index contributed by atoms with van der Waals surface area (Å²) in [5.74, 6) is 1.67. The summed E-state index contributed by atoms with van der Waals surface area (Å²) in [6.45, 7) is 2.78. The molecule has 0 fully saturated rings. The molecule has 9 nitrogen and oxygen atoms in total. The summed E-state index contributed by atoms with van der Waals surface area (Å²) in [7, 11) is 1.57. The van der Waals surface area contributed by atoms with Gasteiger partial charge in [-0.3, -0.25) is 4.79 Å². The number of nitrogens with one attached hydrogen (secondary N) is 1. The van der Waals surface area contributed by atoms with E-state index in [0.29, 0.717) is 34.9 Å². The third-order valence-electron chi connectivity index (χ3n) is 4.04. The van der Waals surface area contributed by atoms with Crippen LogP contribution in [0.25, 0.3) is 0 Å². The number of anilines is 1. The standard InChI is InChI=1S/C21H22IN5O4S/c1-13-4-3-5-15(8-13)30-6-7-31-20-16(22)9-14(10-17(20)29-2)12-24-25-18(28)11-19-26-27-21(23)32-19/h3-5,8-10,12H,6-7,11H2,1-2H3,(H2,23,27)(H,25,28)/b24-12+. The van der Waals surface area contributed by atoms with Crippen LogP contribution in [0.5, 0.6) is 17.2 Å². The van der Waals surface area contributed by atoms with Crippen molar-refractivity contribution in [2.45, 2.75) is 13.3 Å². The van der Waals surface area contributed by atoms with Crippen molar-refractivity contribution in [1.82, 2.24) is 15.6 Å². The van der Waals surface area contributed by atoms with Gasteiger partial charge in [0.05, 0.1) is 23.3 Å². The van der Waals surface area contributed by atoms with Crippen molar-refractivity contribution in [3.63, 3.8) is 0 Å². The van der Waals surface area contributed by atoms with Gasteiger partial charge in [0.25, 0.3) is 0 Å². The molecule has 3 aromatic rings. The lowest BCUT2D eigenvalue weighted by Crippen LogP contribution is -2.19. The lowest BCUT2D eigenvalue weighted by atomic mass is 10.2. The molecular formula is C21H22IN5O4S. The van der Waals surface area contributed by atoms with E-state index < -0.39 is 0 Å². The molecule has 0 aliphatic rings. The molecule has 2 aromatic carbocycles. The van der Waals surface area contributed by atoms with E-state index in [1.807, 2.05) is 37.3 Å². The first-order valence-electron chi connectivity index (χ1n) is 9.54. The summed E-state index contributed by atoms with van der Waals surface area (Å²) in [5, 5.41) is 12.3. The second kappa shape index (κ2) is 11.6. The number of rotatable bonds is 10. The zero-order chi connectivity index (χ0) is 22.9. The molecule has 0 aliphatic carbocycles. The third kappa shape index (κ3) is 7.05. The Hall–Kier alpha value is -2.93. The monoisotopic (exact) mass is 567 g/mol. The molecule has 0 saturated carbocycles. The number of methoxy groups -OCH3 is 1. The molecule has 0 spiro atoms. The molecule has 1 aromatic heterocycles. The van der Waals surface area contributed by atoms with E-state index in [2.05, 4.69) is 43.3 Å². The summed E-state index contributed by atoms with van der Waals surface area (Å²) < 4.78 is 17.9. The molecule has 1 heterocycles. The smallest absolute Gasteiger partial charge is 0.247 e. The molecule has 3 rings (SSSR count). The van der Waals surface area contributed by atoms with Gasteiger partial charge < -0.3 is 19.9 Å². The van der Waals surface area contributed by atoms with Gasteiger partial charge in [-0.2, -0.15) is 5.10 Å². The highest BCUT2D eigenvalue weighted by Crippen LogP contribution is 2.33. The number of carbonyl (C=O) groups excluding carboxylic acids is 1.